The van der Waals surface area contributed by atoms with Gasteiger partial charge in [-0.15, -0.1) is 0 Å². The molecule has 4 rings (SSSR count). The van der Waals surface area contributed by atoms with E-state index < -0.39 is 17.6 Å². The van der Waals surface area contributed by atoms with Crippen LogP contribution in [0, 0.1) is 0 Å². The smallest absolute Gasteiger partial charge is 0.417 e. The second-order valence-corrected chi connectivity index (χ2v) is 7.65. The molecule has 2 aromatic carbocycles. The number of anilines is 1. The number of amides is 1. The molecular formula is C24H20F3N3O3. The Morgan fingerprint density at radius 2 is 1.79 bits per heavy atom. The molecule has 1 aliphatic rings. The summed E-state index contributed by atoms with van der Waals surface area (Å²) in [5.74, 6) is -0.795. The van der Waals surface area contributed by atoms with E-state index in [1.54, 1.807) is 42.5 Å². The van der Waals surface area contributed by atoms with Crippen LogP contribution in [0.15, 0.2) is 66.9 Å². The Morgan fingerprint density at radius 1 is 1.03 bits per heavy atom. The molecule has 0 unspecified atom stereocenters. The quantitative estimate of drug-likeness (QED) is 0.566. The first-order valence-corrected chi connectivity index (χ1v) is 10.2. The number of ketones is 1. The maximum absolute atomic E-state index is 12.7. The maximum atomic E-state index is 12.7. The van der Waals surface area contributed by atoms with Crippen LogP contribution in [0.2, 0.25) is 0 Å². The topological polar surface area (TPSA) is 85.5 Å². The van der Waals surface area contributed by atoms with Crippen LogP contribution in [-0.4, -0.2) is 35.9 Å². The number of benzene rings is 2. The van der Waals surface area contributed by atoms with Crippen molar-refractivity contribution in [2.45, 2.75) is 18.7 Å². The Hall–Kier alpha value is -3.88. The summed E-state index contributed by atoms with van der Waals surface area (Å²) in [6, 6.07) is 15.6. The van der Waals surface area contributed by atoms with Crippen LogP contribution in [0.3, 0.4) is 0 Å². The first-order chi connectivity index (χ1) is 15.7. The van der Waals surface area contributed by atoms with E-state index in [0.717, 1.165) is 12.3 Å². The van der Waals surface area contributed by atoms with Crippen LogP contribution in [0.25, 0.3) is 0 Å². The van der Waals surface area contributed by atoms with Gasteiger partial charge in [-0.05, 0) is 24.3 Å². The van der Waals surface area contributed by atoms with Gasteiger partial charge in [-0.2, -0.15) is 13.2 Å². The van der Waals surface area contributed by atoms with Crippen molar-refractivity contribution in [3.05, 3.63) is 89.1 Å². The van der Waals surface area contributed by atoms with Gasteiger partial charge in [0.1, 0.15) is 6.10 Å². The first kappa shape index (κ1) is 22.3. The van der Waals surface area contributed by atoms with Gasteiger partial charge in [0.15, 0.2) is 5.78 Å². The van der Waals surface area contributed by atoms with Crippen molar-refractivity contribution in [2.24, 2.45) is 5.73 Å². The van der Waals surface area contributed by atoms with E-state index >= 15 is 0 Å². The van der Waals surface area contributed by atoms with Gasteiger partial charge in [-0.3, -0.25) is 9.59 Å². The highest BCUT2D eigenvalue weighted by Gasteiger charge is 2.31. The SMILES string of the molecule is NC(=O)c1cc(C(=O)c2ccccc2)ccc1N1CC[C@H](Oc2ccc(C(F)(F)F)cn2)C1. The minimum absolute atomic E-state index is 0.0915. The molecule has 1 saturated heterocycles. The molecule has 0 bridgehead atoms. The van der Waals surface area contributed by atoms with Crippen LogP contribution in [-0.2, 0) is 6.18 Å². The van der Waals surface area contributed by atoms with Gasteiger partial charge in [-0.25, -0.2) is 4.98 Å². The Kier molecular flexibility index (Phi) is 6.04. The number of carbonyl (C=O) groups excluding carboxylic acids is 2. The number of primary amides is 1. The monoisotopic (exact) mass is 455 g/mol. The Balaban J connectivity index is 1.49. The van der Waals surface area contributed by atoms with E-state index in [1.807, 2.05) is 4.90 Å². The average Bonchev–Trinajstić information content (AvgIpc) is 3.26. The van der Waals surface area contributed by atoms with Crippen molar-refractivity contribution >= 4 is 17.4 Å². The summed E-state index contributed by atoms with van der Waals surface area (Å²) >= 11 is 0. The van der Waals surface area contributed by atoms with E-state index in [0.29, 0.717) is 36.3 Å². The van der Waals surface area contributed by atoms with Crippen molar-refractivity contribution in [1.82, 2.24) is 4.98 Å². The number of pyridine rings is 1. The van der Waals surface area contributed by atoms with Crippen molar-refractivity contribution in [3.63, 3.8) is 0 Å². The summed E-state index contributed by atoms with van der Waals surface area (Å²) in [5.41, 5.74) is 6.37. The van der Waals surface area contributed by atoms with E-state index in [1.165, 1.54) is 12.1 Å². The molecule has 0 spiro atoms. The summed E-state index contributed by atoms with van der Waals surface area (Å²) in [6.45, 7) is 0.923. The van der Waals surface area contributed by atoms with Gasteiger partial charge in [0.05, 0.1) is 17.7 Å². The zero-order chi connectivity index (χ0) is 23.6. The first-order valence-electron chi connectivity index (χ1n) is 10.2. The molecule has 170 valence electrons. The summed E-state index contributed by atoms with van der Waals surface area (Å²) in [7, 11) is 0. The number of hydrogen-bond acceptors (Lipinski definition) is 5. The molecule has 0 radical (unpaired) electrons. The molecule has 1 aliphatic heterocycles. The van der Waals surface area contributed by atoms with Gasteiger partial charge in [0.25, 0.3) is 5.91 Å². The molecule has 2 heterocycles. The van der Waals surface area contributed by atoms with Crippen molar-refractivity contribution in [3.8, 4) is 5.88 Å². The lowest BCUT2D eigenvalue weighted by Gasteiger charge is -2.21. The van der Waals surface area contributed by atoms with Crippen LogP contribution in [0.4, 0.5) is 18.9 Å². The average molecular weight is 455 g/mol. The number of rotatable bonds is 6. The molecule has 2 N–H and O–H groups in total. The summed E-state index contributed by atoms with van der Waals surface area (Å²) in [4.78, 5) is 30.5. The lowest BCUT2D eigenvalue weighted by Crippen LogP contribution is -2.27. The number of hydrogen-bond donors (Lipinski definition) is 1. The van der Waals surface area contributed by atoms with Crippen LogP contribution >= 0.6 is 0 Å². The number of carbonyl (C=O) groups is 2. The third-order valence-corrected chi connectivity index (χ3v) is 5.40. The van der Waals surface area contributed by atoms with Gasteiger partial charge in [0, 0.05) is 42.0 Å². The number of aromatic nitrogens is 1. The Bertz CT molecular complexity index is 1170. The van der Waals surface area contributed by atoms with E-state index in [-0.39, 0.29) is 23.3 Å². The maximum Gasteiger partial charge on any atom is 0.417 e. The van der Waals surface area contributed by atoms with E-state index in [9.17, 15) is 22.8 Å². The molecule has 1 atom stereocenters. The second kappa shape index (κ2) is 8.93. The fraction of sp³-hybridized carbons (Fsp3) is 0.208. The molecule has 1 fully saturated rings. The lowest BCUT2D eigenvalue weighted by molar-refractivity contribution is -0.137. The van der Waals surface area contributed by atoms with Gasteiger partial charge in [0.2, 0.25) is 5.88 Å². The summed E-state index contributed by atoms with van der Waals surface area (Å²) in [6.07, 6.45) is -3.49. The predicted octanol–water partition coefficient (Wildman–Crippen LogP) is 4.09. The molecule has 0 aliphatic carbocycles. The summed E-state index contributed by atoms with van der Waals surface area (Å²) < 4.78 is 43.8. The molecule has 6 nitrogen and oxygen atoms in total. The van der Waals surface area contributed by atoms with Crippen molar-refractivity contribution in [1.29, 1.82) is 0 Å². The highest BCUT2D eigenvalue weighted by atomic mass is 19.4. The fourth-order valence-corrected chi connectivity index (χ4v) is 3.74. The van der Waals surface area contributed by atoms with Crippen LogP contribution in [0.1, 0.15) is 38.3 Å². The number of nitrogens with two attached hydrogens (primary N) is 1. The largest absolute Gasteiger partial charge is 0.472 e. The molecule has 1 aromatic heterocycles. The number of nitrogens with zero attached hydrogens (tertiary/aromatic N) is 2. The zero-order valence-corrected chi connectivity index (χ0v) is 17.4. The third kappa shape index (κ3) is 4.97. The lowest BCUT2D eigenvalue weighted by atomic mass is 9.99. The minimum Gasteiger partial charge on any atom is -0.472 e. The van der Waals surface area contributed by atoms with E-state index in [4.69, 9.17) is 10.5 Å². The van der Waals surface area contributed by atoms with Crippen molar-refractivity contribution in [2.75, 3.05) is 18.0 Å². The predicted molar refractivity (Wildman–Crippen MR) is 115 cm³/mol. The fourth-order valence-electron chi connectivity index (χ4n) is 3.74. The molecular weight excluding hydrogens is 435 g/mol. The van der Waals surface area contributed by atoms with Crippen LogP contribution < -0.4 is 15.4 Å². The second-order valence-electron chi connectivity index (χ2n) is 7.65. The highest BCUT2D eigenvalue weighted by molar-refractivity contribution is 6.11. The van der Waals surface area contributed by atoms with Crippen molar-refractivity contribution < 1.29 is 27.5 Å². The van der Waals surface area contributed by atoms with Crippen LogP contribution in [0.5, 0.6) is 5.88 Å². The number of alkyl halides is 3. The normalized spacial score (nSPS) is 16.0. The van der Waals surface area contributed by atoms with Gasteiger partial charge < -0.3 is 15.4 Å². The molecule has 9 heteroatoms. The molecule has 33 heavy (non-hydrogen) atoms. The minimum atomic E-state index is -4.46. The standard InChI is InChI=1S/C24H20F3N3O3/c25-24(26,27)17-7-9-21(29-13-17)33-18-10-11-30(14-18)20-8-6-16(12-19(20)23(28)32)22(31)15-4-2-1-3-5-15/h1-9,12-13,18H,10-11,14H2,(H2,28,32)/t18-/m0/s1. The van der Waals surface area contributed by atoms with Gasteiger partial charge in [-0.1, -0.05) is 30.3 Å². The number of halogens is 3. The highest BCUT2D eigenvalue weighted by Crippen LogP contribution is 2.31. The summed E-state index contributed by atoms with van der Waals surface area (Å²) in [5, 5.41) is 0. The molecule has 3 aromatic rings. The molecule has 0 saturated carbocycles. The molecule has 1 amide bonds. The van der Waals surface area contributed by atoms with Gasteiger partial charge >= 0.3 is 6.18 Å². The number of ether oxygens (including phenoxy) is 1. The third-order valence-electron chi connectivity index (χ3n) is 5.40. The Morgan fingerprint density at radius 3 is 2.42 bits per heavy atom. The van der Waals surface area contributed by atoms with E-state index in [2.05, 4.69) is 4.98 Å². The zero-order valence-electron chi connectivity index (χ0n) is 17.4. The Labute approximate surface area is 187 Å².